The average molecular weight is 286 g/mol. The van der Waals surface area contributed by atoms with Gasteiger partial charge in [0.15, 0.2) is 0 Å². The largest absolute Gasteiger partial charge is 0.309 e. The second-order valence-electron chi connectivity index (χ2n) is 5.66. The van der Waals surface area contributed by atoms with Crippen LogP contribution in [0.25, 0.3) is 0 Å². The van der Waals surface area contributed by atoms with Crippen molar-refractivity contribution in [1.82, 2.24) is 5.32 Å². The van der Waals surface area contributed by atoms with E-state index in [0.29, 0.717) is 6.04 Å². The van der Waals surface area contributed by atoms with E-state index in [9.17, 15) is 0 Å². The molecule has 3 atom stereocenters. The van der Waals surface area contributed by atoms with Gasteiger partial charge in [-0.3, -0.25) is 0 Å². The molecule has 2 rings (SSSR count). The van der Waals surface area contributed by atoms with Gasteiger partial charge in [-0.15, -0.1) is 11.3 Å². The van der Waals surface area contributed by atoms with Crippen molar-refractivity contribution >= 4 is 22.9 Å². The third-order valence-corrected chi connectivity index (χ3v) is 5.88. The first-order valence-corrected chi connectivity index (χ1v) is 8.36. The second kappa shape index (κ2) is 6.40. The van der Waals surface area contributed by atoms with E-state index in [1.807, 2.05) is 11.3 Å². The molecule has 0 aromatic carbocycles. The Labute approximate surface area is 120 Å². The molecule has 0 amide bonds. The van der Waals surface area contributed by atoms with E-state index < -0.39 is 0 Å². The molecule has 1 aliphatic carbocycles. The van der Waals surface area contributed by atoms with Gasteiger partial charge in [-0.2, -0.15) is 0 Å². The Kier molecular flexibility index (Phi) is 5.11. The van der Waals surface area contributed by atoms with Crippen LogP contribution in [0, 0.1) is 18.8 Å². The van der Waals surface area contributed by atoms with Gasteiger partial charge in [-0.25, -0.2) is 0 Å². The summed E-state index contributed by atoms with van der Waals surface area (Å²) in [5.41, 5.74) is 1.23. The Bertz CT molecular complexity index is 388. The van der Waals surface area contributed by atoms with Gasteiger partial charge in [-0.05, 0) is 49.1 Å². The summed E-state index contributed by atoms with van der Waals surface area (Å²) in [7, 11) is 0. The van der Waals surface area contributed by atoms with Gasteiger partial charge in [-0.1, -0.05) is 38.3 Å². The minimum Gasteiger partial charge on any atom is -0.309 e. The monoisotopic (exact) mass is 285 g/mol. The van der Waals surface area contributed by atoms with Gasteiger partial charge in [0.1, 0.15) is 0 Å². The number of aryl methyl sites for hydroxylation is 1. The Morgan fingerprint density at radius 3 is 2.83 bits per heavy atom. The van der Waals surface area contributed by atoms with Gasteiger partial charge in [0, 0.05) is 10.9 Å². The predicted molar refractivity (Wildman–Crippen MR) is 81.6 cm³/mol. The highest BCUT2D eigenvalue weighted by atomic mass is 35.5. The molecule has 0 spiro atoms. The minimum atomic E-state index is 0.462. The third-order valence-electron chi connectivity index (χ3n) is 4.08. The molecule has 0 radical (unpaired) electrons. The lowest BCUT2D eigenvalue weighted by Gasteiger charge is -2.33. The van der Waals surface area contributed by atoms with Crippen LogP contribution in [0.2, 0.25) is 5.02 Å². The molecule has 1 nitrogen and oxygen atoms in total. The molecule has 1 fully saturated rings. The van der Waals surface area contributed by atoms with Crippen LogP contribution >= 0.6 is 22.9 Å². The minimum absolute atomic E-state index is 0.462. The Morgan fingerprint density at radius 1 is 1.50 bits per heavy atom. The molecule has 0 bridgehead atoms. The maximum absolute atomic E-state index is 6.47. The van der Waals surface area contributed by atoms with Crippen LogP contribution in [-0.2, 0) is 0 Å². The maximum atomic E-state index is 6.47. The molecule has 3 unspecified atom stereocenters. The molecule has 3 heteroatoms. The van der Waals surface area contributed by atoms with Crippen molar-refractivity contribution < 1.29 is 0 Å². The zero-order valence-corrected chi connectivity index (χ0v) is 13.2. The van der Waals surface area contributed by atoms with Crippen molar-refractivity contribution in [1.29, 1.82) is 0 Å². The van der Waals surface area contributed by atoms with E-state index in [-0.39, 0.29) is 0 Å². The molecule has 1 saturated carbocycles. The van der Waals surface area contributed by atoms with Crippen molar-refractivity contribution in [2.75, 3.05) is 6.54 Å². The molecular formula is C15H24ClNS. The van der Waals surface area contributed by atoms with Gasteiger partial charge in [0.2, 0.25) is 0 Å². The Balaban J connectivity index is 2.19. The highest BCUT2D eigenvalue weighted by molar-refractivity contribution is 7.10. The van der Waals surface area contributed by atoms with Crippen molar-refractivity contribution in [2.45, 2.75) is 52.5 Å². The SMILES string of the molecule is CCNC(c1scc(C)c1Cl)C1CCCC(C)C1. The third kappa shape index (κ3) is 3.09. The fraction of sp³-hybridized carbons (Fsp3) is 0.733. The second-order valence-corrected chi connectivity index (χ2v) is 6.95. The lowest BCUT2D eigenvalue weighted by Crippen LogP contribution is -2.30. The fourth-order valence-electron chi connectivity index (χ4n) is 3.14. The zero-order chi connectivity index (χ0) is 13.1. The molecule has 1 heterocycles. The smallest absolute Gasteiger partial charge is 0.0590 e. The number of nitrogens with one attached hydrogen (secondary N) is 1. The number of thiophene rings is 1. The average Bonchev–Trinajstić information content (AvgIpc) is 2.67. The highest BCUT2D eigenvalue weighted by Crippen LogP contribution is 2.42. The van der Waals surface area contributed by atoms with Gasteiger partial charge >= 0.3 is 0 Å². The highest BCUT2D eigenvalue weighted by Gasteiger charge is 2.29. The van der Waals surface area contributed by atoms with Crippen LogP contribution < -0.4 is 5.32 Å². The quantitative estimate of drug-likeness (QED) is 0.803. The lowest BCUT2D eigenvalue weighted by atomic mass is 9.78. The molecular weight excluding hydrogens is 262 g/mol. The van der Waals surface area contributed by atoms with Crippen LogP contribution in [0.1, 0.15) is 56.0 Å². The Hall–Kier alpha value is -0.0500. The summed E-state index contributed by atoms with van der Waals surface area (Å²) in [6.07, 6.45) is 5.45. The molecule has 1 N–H and O–H groups in total. The van der Waals surface area contributed by atoms with Crippen LogP contribution in [0.3, 0.4) is 0 Å². The van der Waals surface area contributed by atoms with Crippen molar-refractivity contribution in [3.8, 4) is 0 Å². The van der Waals surface area contributed by atoms with E-state index in [1.54, 1.807) is 0 Å². The number of hydrogen-bond acceptors (Lipinski definition) is 2. The number of halogens is 1. The molecule has 18 heavy (non-hydrogen) atoms. The molecule has 0 aliphatic heterocycles. The van der Waals surface area contributed by atoms with E-state index in [0.717, 1.165) is 23.4 Å². The summed E-state index contributed by atoms with van der Waals surface area (Å²) in [5.74, 6) is 1.62. The van der Waals surface area contributed by atoms with E-state index in [4.69, 9.17) is 11.6 Å². The normalized spacial score (nSPS) is 26.2. The van der Waals surface area contributed by atoms with Gasteiger partial charge in [0.25, 0.3) is 0 Å². The van der Waals surface area contributed by atoms with Crippen LogP contribution in [0.15, 0.2) is 5.38 Å². The first-order valence-electron chi connectivity index (χ1n) is 7.10. The first kappa shape index (κ1) is 14.4. The summed E-state index contributed by atoms with van der Waals surface area (Å²) in [4.78, 5) is 1.36. The van der Waals surface area contributed by atoms with E-state index in [1.165, 1.54) is 36.1 Å². The molecule has 1 aromatic rings. The molecule has 1 aromatic heterocycles. The topological polar surface area (TPSA) is 12.0 Å². The fourth-order valence-corrected chi connectivity index (χ4v) is 4.62. The standard InChI is InChI=1S/C15H24ClNS/c1-4-17-14(12-7-5-6-10(2)8-12)15-13(16)11(3)9-18-15/h9-10,12,14,17H,4-8H2,1-3H3. The van der Waals surface area contributed by atoms with Gasteiger partial charge < -0.3 is 5.32 Å². The maximum Gasteiger partial charge on any atom is 0.0590 e. The number of rotatable bonds is 4. The summed E-state index contributed by atoms with van der Waals surface area (Å²) < 4.78 is 0. The molecule has 0 saturated heterocycles. The van der Waals surface area contributed by atoms with Crippen LogP contribution in [0.5, 0.6) is 0 Å². The molecule has 1 aliphatic rings. The van der Waals surface area contributed by atoms with Crippen molar-refractivity contribution in [3.63, 3.8) is 0 Å². The predicted octanol–water partition coefficient (Wildman–Crippen LogP) is 5.19. The van der Waals surface area contributed by atoms with Crippen LogP contribution in [0.4, 0.5) is 0 Å². The summed E-state index contributed by atoms with van der Waals surface area (Å²) in [5, 5.41) is 6.85. The van der Waals surface area contributed by atoms with E-state index >= 15 is 0 Å². The number of hydrogen-bond donors (Lipinski definition) is 1. The molecule has 102 valence electrons. The zero-order valence-electron chi connectivity index (χ0n) is 11.6. The summed E-state index contributed by atoms with van der Waals surface area (Å²) in [6, 6.07) is 0.462. The van der Waals surface area contributed by atoms with Crippen molar-refractivity contribution in [3.05, 3.63) is 20.8 Å². The van der Waals surface area contributed by atoms with Crippen molar-refractivity contribution in [2.24, 2.45) is 11.8 Å². The Morgan fingerprint density at radius 2 is 2.28 bits per heavy atom. The van der Waals surface area contributed by atoms with E-state index in [2.05, 4.69) is 31.5 Å². The van der Waals surface area contributed by atoms with Crippen LogP contribution in [-0.4, -0.2) is 6.54 Å². The van der Waals surface area contributed by atoms with Gasteiger partial charge in [0.05, 0.1) is 5.02 Å². The lowest BCUT2D eigenvalue weighted by molar-refractivity contribution is 0.227. The summed E-state index contributed by atoms with van der Waals surface area (Å²) in [6.45, 7) is 7.70. The summed E-state index contributed by atoms with van der Waals surface area (Å²) >= 11 is 8.29. The first-order chi connectivity index (χ1) is 8.63.